The van der Waals surface area contributed by atoms with E-state index in [4.69, 9.17) is 4.74 Å². The molecule has 0 fully saturated rings. The number of nitrogens with zero attached hydrogens (tertiary/aromatic N) is 1. The largest absolute Gasteiger partial charge is 0.495 e. The van der Waals surface area contributed by atoms with Crippen molar-refractivity contribution in [1.82, 2.24) is 4.98 Å². The molecule has 0 unspecified atom stereocenters. The van der Waals surface area contributed by atoms with E-state index in [1.165, 1.54) is 0 Å². The standard InChI is InChI=1S/C9H13NO.C2H6/c1-7(2)9-5-4-8(11-3)6-10-9;1-2/h4-7H,1-3H3;1-2H3. The molecule has 0 aliphatic carbocycles. The van der Waals surface area contributed by atoms with Gasteiger partial charge in [-0.15, -0.1) is 0 Å². The highest BCUT2D eigenvalue weighted by atomic mass is 16.5. The first-order chi connectivity index (χ1) is 6.24. The van der Waals surface area contributed by atoms with Crippen molar-refractivity contribution in [2.24, 2.45) is 0 Å². The van der Waals surface area contributed by atoms with E-state index >= 15 is 0 Å². The lowest BCUT2D eigenvalue weighted by Crippen LogP contribution is -1.92. The minimum atomic E-state index is 0.487. The van der Waals surface area contributed by atoms with Gasteiger partial charge in [0.2, 0.25) is 0 Å². The highest BCUT2D eigenvalue weighted by Crippen LogP contribution is 2.14. The Labute approximate surface area is 81.0 Å². The summed E-state index contributed by atoms with van der Waals surface area (Å²) in [5, 5.41) is 0. The number of pyridine rings is 1. The topological polar surface area (TPSA) is 22.1 Å². The van der Waals surface area contributed by atoms with Gasteiger partial charge in [0.25, 0.3) is 0 Å². The van der Waals surface area contributed by atoms with Crippen LogP contribution in [0.15, 0.2) is 18.3 Å². The minimum absolute atomic E-state index is 0.487. The second-order valence-electron chi connectivity index (χ2n) is 2.78. The number of methoxy groups -OCH3 is 1. The van der Waals surface area contributed by atoms with E-state index < -0.39 is 0 Å². The number of hydrogen-bond acceptors (Lipinski definition) is 2. The van der Waals surface area contributed by atoms with Gasteiger partial charge in [0.05, 0.1) is 13.3 Å². The molecule has 1 aromatic heterocycles. The van der Waals surface area contributed by atoms with Crippen molar-refractivity contribution in [3.63, 3.8) is 0 Å². The Kier molecular flexibility index (Phi) is 5.94. The fraction of sp³-hybridized carbons (Fsp3) is 0.545. The van der Waals surface area contributed by atoms with Crippen LogP contribution in [-0.2, 0) is 0 Å². The molecule has 0 atom stereocenters. The van der Waals surface area contributed by atoms with Gasteiger partial charge in [0.1, 0.15) is 5.75 Å². The summed E-state index contributed by atoms with van der Waals surface area (Å²) >= 11 is 0. The summed E-state index contributed by atoms with van der Waals surface area (Å²) in [6.07, 6.45) is 1.75. The van der Waals surface area contributed by atoms with Crippen molar-refractivity contribution in [3.05, 3.63) is 24.0 Å². The van der Waals surface area contributed by atoms with Gasteiger partial charge >= 0.3 is 0 Å². The van der Waals surface area contributed by atoms with Crippen molar-refractivity contribution in [2.75, 3.05) is 7.11 Å². The molecule has 2 heteroatoms. The Morgan fingerprint density at radius 2 is 1.85 bits per heavy atom. The summed E-state index contributed by atoms with van der Waals surface area (Å²) in [6, 6.07) is 3.92. The summed E-state index contributed by atoms with van der Waals surface area (Å²) in [6.45, 7) is 8.24. The van der Waals surface area contributed by atoms with Gasteiger partial charge in [-0.2, -0.15) is 0 Å². The zero-order valence-corrected chi connectivity index (χ0v) is 9.16. The van der Waals surface area contributed by atoms with Crippen LogP contribution in [-0.4, -0.2) is 12.1 Å². The number of aromatic nitrogens is 1. The zero-order chi connectivity index (χ0) is 10.3. The van der Waals surface area contributed by atoms with Gasteiger partial charge in [0, 0.05) is 5.69 Å². The molecule has 74 valence electrons. The third kappa shape index (κ3) is 3.92. The normalized spacial score (nSPS) is 9.08. The predicted octanol–water partition coefficient (Wildman–Crippen LogP) is 3.24. The average molecular weight is 181 g/mol. The molecular formula is C11H19NO. The maximum Gasteiger partial charge on any atom is 0.137 e. The maximum absolute atomic E-state index is 4.99. The quantitative estimate of drug-likeness (QED) is 0.698. The molecule has 1 rings (SSSR count). The van der Waals surface area contributed by atoms with Crippen LogP contribution >= 0.6 is 0 Å². The third-order valence-corrected chi connectivity index (χ3v) is 1.59. The van der Waals surface area contributed by atoms with E-state index in [0.29, 0.717) is 5.92 Å². The molecule has 1 aromatic rings. The van der Waals surface area contributed by atoms with Crippen LogP contribution in [0, 0.1) is 0 Å². The molecule has 0 aliphatic rings. The van der Waals surface area contributed by atoms with Gasteiger partial charge in [0.15, 0.2) is 0 Å². The van der Waals surface area contributed by atoms with E-state index in [1.807, 2.05) is 26.0 Å². The Morgan fingerprint density at radius 3 is 2.15 bits per heavy atom. The maximum atomic E-state index is 4.99. The fourth-order valence-corrected chi connectivity index (χ4v) is 0.854. The summed E-state index contributed by atoms with van der Waals surface area (Å²) in [5.41, 5.74) is 1.10. The second kappa shape index (κ2) is 6.46. The monoisotopic (exact) mass is 181 g/mol. The molecule has 2 nitrogen and oxygen atoms in total. The van der Waals surface area contributed by atoms with Crippen LogP contribution in [0.3, 0.4) is 0 Å². The lowest BCUT2D eigenvalue weighted by Gasteiger charge is -2.04. The molecule has 0 spiro atoms. The first-order valence-electron chi connectivity index (χ1n) is 4.74. The van der Waals surface area contributed by atoms with Crippen molar-refractivity contribution in [3.8, 4) is 5.75 Å². The lowest BCUT2D eigenvalue weighted by molar-refractivity contribution is 0.412. The van der Waals surface area contributed by atoms with Crippen LogP contribution in [0.25, 0.3) is 0 Å². The summed E-state index contributed by atoms with van der Waals surface area (Å²) in [7, 11) is 1.64. The molecule has 0 N–H and O–H groups in total. The van der Waals surface area contributed by atoms with Gasteiger partial charge < -0.3 is 4.74 Å². The van der Waals surface area contributed by atoms with Crippen molar-refractivity contribution < 1.29 is 4.74 Å². The minimum Gasteiger partial charge on any atom is -0.495 e. The van der Waals surface area contributed by atoms with E-state index in [2.05, 4.69) is 18.8 Å². The summed E-state index contributed by atoms with van der Waals surface area (Å²) in [5.74, 6) is 1.30. The molecule has 0 saturated carbocycles. The Balaban J connectivity index is 0.000000671. The van der Waals surface area contributed by atoms with Crippen LogP contribution < -0.4 is 4.74 Å². The number of hydrogen-bond donors (Lipinski definition) is 0. The Hall–Kier alpha value is -1.05. The van der Waals surface area contributed by atoms with Crippen LogP contribution in [0.5, 0.6) is 5.75 Å². The first kappa shape index (κ1) is 11.9. The molecule has 0 radical (unpaired) electrons. The fourth-order valence-electron chi connectivity index (χ4n) is 0.854. The van der Waals surface area contributed by atoms with E-state index in [1.54, 1.807) is 13.3 Å². The highest BCUT2D eigenvalue weighted by molar-refractivity contribution is 5.20. The Morgan fingerprint density at radius 1 is 1.23 bits per heavy atom. The smallest absolute Gasteiger partial charge is 0.137 e. The molecule has 0 aliphatic heterocycles. The van der Waals surface area contributed by atoms with Gasteiger partial charge in [-0.05, 0) is 18.1 Å². The molecule has 0 saturated heterocycles. The average Bonchev–Trinajstić information content (AvgIpc) is 2.21. The molecule has 13 heavy (non-hydrogen) atoms. The second-order valence-corrected chi connectivity index (χ2v) is 2.78. The number of ether oxygens (including phenoxy) is 1. The van der Waals surface area contributed by atoms with Gasteiger partial charge in [-0.3, -0.25) is 4.98 Å². The van der Waals surface area contributed by atoms with Crippen molar-refractivity contribution in [2.45, 2.75) is 33.6 Å². The van der Waals surface area contributed by atoms with Crippen molar-refractivity contribution >= 4 is 0 Å². The van der Waals surface area contributed by atoms with E-state index in [-0.39, 0.29) is 0 Å². The first-order valence-corrected chi connectivity index (χ1v) is 4.74. The molecule has 0 bridgehead atoms. The highest BCUT2D eigenvalue weighted by Gasteiger charge is 1.99. The molecular weight excluding hydrogens is 162 g/mol. The van der Waals surface area contributed by atoms with Gasteiger partial charge in [-0.1, -0.05) is 27.7 Å². The third-order valence-electron chi connectivity index (χ3n) is 1.59. The SMILES string of the molecule is CC.COc1ccc(C(C)C)nc1. The molecule has 0 amide bonds. The van der Waals surface area contributed by atoms with E-state index in [0.717, 1.165) is 11.4 Å². The molecule has 0 aromatic carbocycles. The summed E-state index contributed by atoms with van der Waals surface area (Å²) in [4.78, 5) is 4.22. The lowest BCUT2D eigenvalue weighted by atomic mass is 10.1. The Bertz CT molecular complexity index is 216. The van der Waals surface area contributed by atoms with Crippen LogP contribution in [0.1, 0.15) is 39.3 Å². The summed E-state index contributed by atoms with van der Waals surface area (Å²) < 4.78 is 4.99. The van der Waals surface area contributed by atoms with Crippen molar-refractivity contribution in [1.29, 1.82) is 0 Å². The predicted molar refractivity (Wildman–Crippen MR) is 56.2 cm³/mol. The van der Waals surface area contributed by atoms with Crippen LogP contribution in [0.4, 0.5) is 0 Å². The van der Waals surface area contributed by atoms with Gasteiger partial charge in [-0.25, -0.2) is 0 Å². The zero-order valence-electron chi connectivity index (χ0n) is 9.16. The molecule has 1 heterocycles. The van der Waals surface area contributed by atoms with Crippen LogP contribution in [0.2, 0.25) is 0 Å². The number of rotatable bonds is 2. The van der Waals surface area contributed by atoms with E-state index in [9.17, 15) is 0 Å².